The molecule has 0 aromatic carbocycles. The Balaban J connectivity index is 2.68. The van der Waals surface area contributed by atoms with Crippen molar-refractivity contribution in [1.82, 2.24) is 10.6 Å². The van der Waals surface area contributed by atoms with E-state index in [-0.39, 0.29) is 11.8 Å². The van der Waals surface area contributed by atoms with Crippen molar-refractivity contribution < 1.29 is 9.90 Å². The summed E-state index contributed by atoms with van der Waals surface area (Å²) in [7, 11) is 0. The summed E-state index contributed by atoms with van der Waals surface area (Å²) in [6, 6.07) is 0. The van der Waals surface area contributed by atoms with E-state index in [9.17, 15) is 9.90 Å². The van der Waals surface area contributed by atoms with E-state index in [1.54, 1.807) is 0 Å². The van der Waals surface area contributed by atoms with Crippen LogP contribution in [0.3, 0.4) is 0 Å². The molecule has 3 N–H and O–H groups in total. The lowest BCUT2D eigenvalue weighted by Crippen LogP contribution is -2.43. The Labute approximate surface area is 163 Å². The average Bonchev–Trinajstić information content (AvgIpc) is 2.90. The lowest BCUT2D eigenvalue weighted by Gasteiger charge is -2.35. The standard InChI is InChI=1S/C21H33ClN2O2/c1-3-4-5-6-11-20(22)12-14-21(26,13-9-16-24-18(2)25)19-10-7-8-15-23-17-19/h1,5-6,12,19,23,26H,4,7-11,13-17H2,2H3,(H,24,25)/b6-5-,20-12+. The number of nitrogens with one attached hydrogen (secondary N) is 2. The molecule has 1 saturated heterocycles. The van der Waals surface area contributed by atoms with Gasteiger partial charge in [-0.1, -0.05) is 36.2 Å². The molecule has 1 amide bonds. The number of aliphatic hydroxyl groups is 1. The number of amides is 1. The van der Waals surface area contributed by atoms with Gasteiger partial charge in [0.05, 0.1) is 5.60 Å². The van der Waals surface area contributed by atoms with Crippen molar-refractivity contribution in [2.75, 3.05) is 19.6 Å². The van der Waals surface area contributed by atoms with Crippen LogP contribution in [0.25, 0.3) is 0 Å². The highest BCUT2D eigenvalue weighted by molar-refractivity contribution is 6.29. The first-order valence-corrected chi connectivity index (χ1v) is 9.96. The predicted octanol–water partition coefficient (Wildman–Crippen LogP) is 3.51. The number of allylic oxidation sites excluding steroid dienone is 3. The number of carbonyl (C=O) groups excluding carboxylic acids is 1. The molecule has 1 aliphatic heterocycles. The summed E-state index contributed by atoms with van der Waals surface area (Å²) < 4.78 is 0. The molecule has 26 heavy (non-hydrogen) atoms. The highest BCUT2D eigenvalue weighted by Gasteiger charge is 2.35. The van der Waals surface area contributed by atoms with Crippen molar-refractivity contribution in [2.45, 2.75) is 63.9 Å². The van der Waals surface area contributed by atoms with Gasteiger partial charge in [0.15, 0.2) is 0 Å². The molecule has 1 rings (SSSR count). The molecule has 2 unspecified atom stereocenters. The minimum atomic E-state index is -0.807. The van der Waals surface area contributed by atoms with Crippen LogP contribution in [-0.4, -0.2) is 36.2 Å². The van der Waals surface area contributed by atoms with Crippen LogP contribution in [0, 0.1) is 18.3 Å². The summed E-state index contributed by atoms with van der Waals surface area (Å²) in [5.41, 5.74) is -0.807. The van der Waals surface area contributed by atoms with Gasteiger partial charge >= 0.3 is 0 Å². The van der Waals surface area contributed by atoms with Crippen molar-refractivity contribution >= 4 is 17.5 Å². The number of rotatable bonds is 10. The van der Waals surface area contributed by atoms with Crippen LogP contribution in [0.4, 0.5) is 0 Å². The van der Waals surface area contributed by atoms with E-state index in [4.69, 9.17) is 18.0 Å². The van der Waals surface area contributed by atoms with Crippen molar-refractivity contribution in [2.24, 2.45) is 5.92 Å². The number of terminal acetylenes is 1. The summed E-state index contributed by atoms with van der Waals surface area (Å²) in [5.74, 6) is 2.72. The third kappa shape index (κ3) is 9.43. The Morgan fingerprint density at radius 3 is 3.00 bits per heavy atom. The highest BCUT2D eigenvalue weighted by Crippen LogP contribution is 2.33. The largest absolute Gasteiger partial charge is 0.389 e. The molecular formula is C21H33ClN2O2. The summed E-state index contributed by atoms with van der Waals surface area (Å²) in [5, 5.41) is 18.3. The van der Waals surface area contributed by atoms with Gasteiger partial charge in [0.2, 0.25) is 5.91 Å². The summed E-state index contributed by atoms with van der Waals surface area (Å²) in [6.45, 7) is 3.93. The fourth-order valence-electron chi connectivity index (χ4n) is 3.33. The highest BCUT2D eigenvalue weighted by atomic mass is 35.5. The molecular weight excluding hydrogens is 348 g/mol. The second-order valence-electron chi connectivity index (χ2n) is 7.03. The van der Waals surface area contributed by atoms with Crippen LogP contribution in [0.5, 0.6) is 0 Å². The van der Waals surface area contributed by atoms with Gasteiger partial charge in [0, 0.05) is 43.8 Å². The van der Waals surface area contributed by atoms with Gasteiger partial charge < -0.3 is 15.7 Å². The third-order valence-electron chi connectivity index (χ3n) is 4.86. The predicted molar refractivity (Wildman–Crippen MR) is 109 cm³/mol. The van der Waals surface area contributed by atoms with Crippen LogP contribution in [0.2, 0.25) is 0 Å². The maximum Gasteiger partial charge on any atom is 0.216 e. The van der Waals surface area contributed by atoms with Crippen molar-refractivity contribution in [3.8, 4) is 12.3 Å². The van der Waals surface area contributed by atoms with Gasteiger partial charge in [-0.3, -0.25) is 4.79 Å². The number of carbonyl (C=O) groups is 1. The zero-order chi connectivity index (χ0) is 19.3. The zero-order valence-electron chi connectivity index (χ0n) is 15.9. The molecule has 146 valence electrons. The van der Waals surface area contributed by atoms with Gasteiger partial charge in [-0.2, -0.15) is 0 Å². The zero-order valence-corrected chi connectivity index (χ0v) is 16.7. The van der Waals surface area contributed by atoms with E-state index in [2.05, 4.69) is 16.6 Å². The molecule has 4 nitrogen and oxygen atoms in total. The van der Waals surface area contributed by atoms with Crippen molar-refractivity contribution in [3.63, 3.8) is 0 Å². The average molecular weight is 381 g/mol. The molecule has 2 atom stereocenters. The first kappa shape index (κ1) is 22.8. The topological polar surface area (TPSA) is 61.4 Å². The Kier molecular flexibility index (Phi) is 11.4. The third-order valence-corrected chi connectivity index (χ3v) is 5.17. The van der Waals surface area contributed by atoms with E-state index in [1.807, 2.05) is 18.2 Å². The van der Waals surface area contributed by atoms with Crippen LogP contribution in [0.1, 0.15) is 58.3 Å². The van der Waals surface area contributed by atoms with Gasteiger partial charge in [-0.25, -0.2) is 0 Å². The van der Waals surface area contributed by atoms with E-state index < -0.39 is 5.60 Å². The van der Waals surface area contributed by atoms with Crippen LogP contribution in [-0.2, 0) is 4.79 Å². The number of hydrogen-bond donors (Lipinski definition) is 3. The smallest absolute Gasteiger partial charge is 0.216 e. The lowest BCUT2D eigenvalue weighted by molar-refractivity contribution is -0.119. The minimum Gasteiger partial charge on any atom is -0.389 e. The quantitative estimate of drug-likeness (QED) is 0.309. The minimum absolute atomic E-state index is 0.0358. The second-order valence-corrected chi connectivity index (χ2v) is 7.51. The number of hydrogen-bond acceptors (Lipinski definition) is 3. The van der Waals surface area contributed by atoms with E-state index in [0.29, 0.717) is 32.2 Å². The molecule has 0 saturated carbocycles. The Bertz CT molecular complexity index is 517. The molecule has 1 fully saturated rings. The molecule has 0 spiro atoms. The number of halogens is 1. The van der Waals surface area contributed by atoms with E-state index in [1.165, 1.54) is 6.92 Å². The van der Waals surface area contributed by atoms with E-state index in [0.717, 1.165) is 43.8 Å². The van der Waals surface area contributed by atoms with Crippen LogP contribution < -0.4 is 10.6 Å². The molecule has 0 radical (unpaired) electrons. The van der Waals surface area contributed by atoms with E-state index >= 15 is 0 Å². The van der Waals surface area contributed by atoms with Gasteiger partial charge in [0.1, 0.15) is 0 Å². The Hall–Kier alpha value is -1.28. The van der Waals surface area contributed by atoms with Gasteiger partial charge in [-0.05, 0) is 38.6 Å². The molecule has 1 aliphatic rings. The normalized spacial score (nSPS) is 21.0. The SMILES string of the molecule is C#CC/C=C\C/C(Cl)=C\CC(O)(CCCNC(C)=O)C1CCCCNC1. The van der Waals surface area contributed by atoms with Crippen LogP contribution in [0.15, 0.2) is 23.3 Å². The molecule has 0 bridgehead atoms. The summed E-state index contributed by atoms with van der Waals surface area (Å²) >= 11 is 6.31. The van der Waals surface area contributed by atoms with Crippen molar-refractivity contribution in [1.29, 1.82) is 0 Å². The lowest BCUT2D eigenvalue weighted by atomic mass is 9.78. The molecule has 0 aromatic rings. The first-order chi connectivity index (χ1) is 12.5. The molecule has 0 aliphatic carbocycles. The van der Waals surface area contributed by atoms with Gasteiger partial charge in [0.25, 0.3) is 0 Å². The fourth-order valence-corrected chi connectivity index (χ4v) is 3.49. The Morgan fingerprint density at radius 1 is 1.46 bits per heavy atom. The van der Waals surface area contributed by atoms with Crippen molar-refractivity contribution in [3.05, 3.63) is 23.3 Å². The first-order valence-electron chi connectivity index (χ1n) is 9.58. The molecule has 0 aromatic heterocycles. The fraction of sp³-hybridized carbons (Fsp3) is 0.667. The molecule has 1 heterocycles. The second kappa shape index (κ2) is 13.0. The monoisotopic (exact) mass is 380 g/mol. The summed E-state index contributed by atoms with van der Waals surface area (Å²) in [4.78, 5) is 11.0. The summed E-state index contributed by atoms with van der Waals surface area (Å²) in [6.07, 6.45) is 17.5. The van der Waals surface area contributed by atoms with Gasteiger partial charge in [-0.15, -0.1) is 12.3 Å². The Morgan fingerprint density at radius 2 is 2.27 bits per heavy atom. The molecule has 5 heteroatoms. The maximum atomic E-state index is 11.4. The van der Waals surface area contributed by atoms with Crippen LogP contribution >= 0.6 is 11.6 Å². The maximum absolute atomic E-state index is 11.4.